The molecule has 2 aromatic rings. The SMILES string of the molecule is O=C(Cc1ccc2c(c1)CC=C2)Cn1nc(N2CCSCC2)ccc1=O. The van der Waals surface area contributed by atoms with Crippen molar-refractivity contribution in [3.63, 3.8) is 0 Å². The van der Waals surface area contributed by atoms with Gasteiger partial charge in [0.05, 0.1) is 0 Å². The summed E-state index contributed by atoms with van der Waals surface area (Å²) < 4.78 is 1.30. The highest BCUT2D eigenvalue weighted by molar-refractivity contribution is 7.99. The molecule has 0 atom stereocenters. The molecule has 0 unspecified atom stereocenters. The Balaban J connectivity index is 1.46. The Morgan fingerprint density at radius 3 is 2.85 bits per heavy atom. The smallest absolute Gasteiger partial charge is 0.267 e. The molecule has 1 aromatic heterocycles. The second-order valence-corrected chi connectivity index (χ2v) is 7.87. The highest BCUT2D eigenvalue weighted by atomic mass is 32.2. The molecule has 6 heteroatoms. The Morgan fingerprint density at radius 2 is 2.00 bits per heavy atom. The number of hydrogen-bond donors (Lipinski definition) is 0. The summed E-state index contributed by atoms with van der Waals surface area (Å²) in [4.78, 5) is 26.8. The van der Waals surface area contributed by atoms with E-state index in [1.807, 2.05) is 17.8 Å². The first-order valence-corrected chi connectivity index (χ1v) is 10.1. The average Bonchev–Trinajstić information content (AvgIpc) is 3.12. The van der Waals surface area contributed by atoms with E-state index >= 15 is 0 Å². The number of rotatable bonds is 5. The molecule has 0 N–H and O–H groups in total. The van der Waals surface area contributed by atoms with E-state index in [0.717, 1.165) is 42.4 Å². The predicted molar refractivity (Wildman–Crippen MR) is 106 cm³/mol. The molecule has 0 saturated carbocycles. The van der Waals surface area contributed by atoms with Gasteiger partial charge < -0.3 is 4.90 Å². The Kier molecular flexibility index (Phi) is 4.93. The zero-order chi connectivity index (χ0) is 17.9. The number of hydrogen-bond acceptors (Lipinski definition) is 5. The van der Waals surface area contributed by atoms with Crippen LogP contribution in [0.2, 0.25) is 0 Å². The lowest BCUT2D eigenvalue weighted by Gasteiger charge is -2.27. The second kappa shape index (κ2) is 7.50. The minimum absolute atomic E-state index is 0.00291. The fourth-order valence-electron chi connectivity index (χ4n) is 3.38. The van der Waals surface area contributed by atoms with Crippen LogP contribution in [0.5, 0.6) is 0 Å². The summed E-state index contributed by atoms with van der Waals surface area (Å²) in [5, 5.41) is 4.43. The standard InChI is InChI=1S/C20H21N3O2S/c24-18(13-15-4-5-16-2-1-3-17(16)12-15)14-23-20(25)7-6-19(21-23)22-8-10-26-11-9-22/h1-2,4-7,12H,3,8-11,13-14H2. The van der Waals surface area contributed by atoms with Gasteiger partial charge in [0.15, 0.2) is 5.78 Å². The van der Waals surface area contributed by atoms with E-state index < -0.39 is 0 Å². The molecular weight excluding hydrogens is 346 g/mol. The van der Waals surface area contributed by atoms with E-state index in [-0.39, 0.29) is 17.9 Å². The zero-order valence-corrected chi connectivity index (χ0v) is 15.4. The van der Waals surface area contributed by atoms with Gasteiger partial charge in [-0.3, -0.25) is 9.59 Å². The molecule has 2 heterocycles. The van der Waals surface area contributed by atoms with Crippen molar-refractivity contribution >= 4 is 29.4 Å². The number of carbonyl (C=O) groups is 1. The molecule has 4 rings (SSSR count). The monoisotopic (exact) mass is 367 g/mol. The van der Waals surface area contributed by atoms with Crippen molar-refractivity contribution in [1.29, 1.82) is 0 Å². The maximum Gasteiger partial charge on any atom is 0.267 e. The quantitative estimate of drug-likeness (QED) is 0.811. The minimum atomic E-state index is -0.230. The lowest BCUT2D eigenvalue weighted by atomic mass is 10.0. The maximum atomic E-state index is 12.5. The van der Waals surface area contributed by atoms with Crippen molar-refractivity contribution < 1.29 is 4.79 Å². The topological polar surface area (TPSA) is 55.2 Å². The zero-order valence-electron chi connectivity index (χ0n) is 14.6. The maximum absolute atomic E-state index is 12.5. The fourth-order valence-corrected chi connectivity index (χ4v) is 4.29. The lowest BCUT2D eigenvalue weighted by molar-refractivity contribution is -0.119. The van der Waals surface area contributed by atoms with Crippen LogP contribution in [0.3, 0.4) is 0 Å². The Hall–Kier alpha value is -2.34. The van der Waals surface area contributed by atoms with Crippen LogP contribution in [-0.4, -0.2) is 40.2 Å². The normalized spacial score (nSPS) is 15.9. The third-order valence-electron chi connectivity index (χ3n) is 4.76. The van der Waals surface area contributed by atoms with Crippen LogP contribution < -0.4 is 10.5 Å². The van der Waals surface area contributed by atoms with E-state index in [1.54, 1.807) is 6.07 Å². The van der Waals surface area contributed by atoms with Crippen molar-refractivity contribution in [3.8, 4) is 0 Å². The molecular formula is C20H21N3O2S. The van der Waals surface area contributed by atoms with E-state index in [0.29, 0.717) is 6.42 Å². The Morgan fingerprint density at radius 1 is 1.15 bits per heavy atom. The number of ketones is 1. The summed E-state index contributed by atoms with van der Waals surface area (Å²) in [6.45, 7) is 1.87. The third kappa shape index (κ3) is 3.75. The van der Waals surface area contributed by atoms with Gasteiger partial charge in [-0.15, -0.1) is 0 Å². The number of benzene rings is 1. The molecule has 1 aromatic carbocycles. The first kappa shape index (κ1) is 17.1. The van der Waals surface area contributed by atoms with Gasteiger partial charge >= 0.3 is 0 Å². The third-order valence-corrected chi connectivity index (χ3v) is 5.70. The Labute approximate surface area is 156 Å². The molecule has 1 aliphatic carbocycles. The van der Waals surface area contributed by atoms with Crippen molar-refractivity contribution in [2.24, 2.45) is 0 Å². The Bertz CT molecular complexity index is 914. The minimum Gasteiger partial charge on any atom is -0.354 e. The molecule has 134 valence electrons. The molecule has 0 amide bonds. The van der Waals surface area contributed by atoms with E-state index in [9.17, 15) is 9.59 Å². The fraction of sp³-hybridized carbons (Fsp3) is 0.350. The summed E-state index contributed by atoms with van der Waals surface area (Å²) in [5.74, 6) is 2.90. The van der Waals surface area contributed by atoms with Crippen molar-refractivity contribution in [3.05, 3.63) is 63.5 Å². The van der Waals surface area contributed by atoms with Crippen LogP contribution in [0.15, 0.2) is 41.2 Å². The van der Waals surface area contributed by atoms with Gasteiger partial charge in [-0.2, -0.15) is 16.9 Å². The number of carbonyl (C=O) groups excluding carboxylic acids is 1. The highest BCUT2D eigenvalue weighted by Gasteiger charge is 2.15. The summed E-state index contributed by atoms with van der Waals surface area (Å²) >= 11 is 1.92. The van der Waals surface area contributed by atoms with Crippen LogP contribution in [0.4, 0.5) is 5.82 Å². The van der Waals surface area contributed by atoms with Crippen molar-refractivity contribution in [1.82, 2.24) is 9.78 Å². The average molecular weight is 367 g/mol. The number of Topliss-reactive ketones (excluding diaryl/α,β-unsaturated/α-hetero) is 1. The van der Waals surface area contributed by atoms with Gasteiger partial charge in [-0.1, -0.05) is 30.4 Å². The molecule has 1 aliphatic heterocycles. The number of thioether (sulfide) groups is 1. The molecule has 26 heavy (non-hydrogen) atoms. The number of fused-ring (bicyclic) bond motifs is 1. The van der Waals surface area contributed by atoms with Gasteiger partial charge in [-0.25, -0.2) is 4.68 Å². The molecule has 2 aliphatic rings. The molecule has 0 bridgehead atoms. The number of anilines is 1. The second-order valence-electron chi connectivity index (χ2n) is 6.64. The summed E-state index contributed by atoms with van der Waals surface area (Å²) in [5.41, 5.74) is 3.25. The van der Waals surface area contributed by atoms with E-state index in [4.69, 9.17) is 0 Å². The van der Waals surface area contributed by atoms with Crippen LogP contribution in [-0.2, 0) is 24.2 Å². The van der Waals surface area contributed by atoms with Crippen LogP contribution >= 0.6 is 11.8 Å². The molecule has 5 nitrogen and oxygen atoms in total. The molecule has 0 spiro atoms. The van der Waals surface area contributed by atoms with Gasteiger partial charge in [-0.05, 0) is 29.2 Å². The van der Waals surface area contributed by atoms with E-state index in [2.05, 4.69) is 34.3 Å². The molecule has 0 radical (unpaired) electrons. The van der Waals surface area contributed by atoms with Gasteiger partial charge in [0.25, 0.3) is 5.56 Å². The predicted octanol–water partition coefficient (Wildman–Crippen LogP) is 2.18. The van der Waals surface area contributed by atoms with E-state index in [1.165, 1.54) is 21.9 Å². The molecule has 1 saturated heterocycles. The molecule has 1 fully saturated rings. The van der Waals surface area contributed by atoms with Gasteiger partial charge in [0, 0.05) is 37.1 Å². The summed E-state index contributed by atoms with van der Waals surface area (Å²) in [7, 11) is 0. The summed E-state index contributed by atoms with van der Waals surface area (Å²) in [6.07, 6.45) is 5.49. The van der Waals surface area contributed by atoms with Crippen LogP contribution in [0, 0.1) is 0 Å². The van der Waals surface area contributed by atoms with Crippen molar-refractivity contribution in [2.45, 2.75) is 19.4 Å². The van der Waals surface area contributed by atoms with Crippen LogP contribution in [0.25, 0.3) is 6.08 Å². The highest BCUT2D eigenvalue weighted by Crippen LogP contribution is 2.21. The van der Waals surface area contributed by atoms with Gasteiger partial charge in [0.2, 0.25) is 0 Å². The number of nitrogens with zero attached hydrogens (tertiary/aromatic N) is 3. The number of aromatic nitrogens is 2. The first-order valence-electron chi connectivity index (χ1n) is 8.90. The van der Waals surface area contributed by atoms with Crippen molar-refractivity contribution in [2.75, 3.05) is 29.5 Å². The number of allylic oxidation sites excluding steroid dienone is 1. The van der Waals surface area contributed by atoms with Gasteiger partial charge in [0.1, 0.15) is 12.4 Å². The first-order chi connectivity index (χ1) is 12.7. The largest absolute Gasteiger partial charge is 0.354 e. The lowest BCUT2D eigenvalue weighted by Crippen LogP contribution is -2.35. The summed E-state index contributed by atoms with van der Waals surface area (Å²) in [6, 6.07) is 9.40. The van der Waals surface area contributed by atoms with Crippen LogP contribution in [0.1, 0.15) is 16.7 Å².